The summed E-state index contributed by atoms with van der Waals surface area (Å²) in [5, 5.41) is 9.24. The second-order valence-corrected chi connectivity index (χ2v) is 3.81. The number of carbonyl (C=O) groups excluding carboxylic acids is 2. The van der Waals surface area contributed by atoms with Gasteiger partial charge in [-0.3, -0.25) is 14.4 Å². The molecule has 0 radical (unpaired) electrons. The Bertz CT molecular complexity index is 451. The number of esters is 2. The van der Waals surface area contributed by atoms with Crippen LogP contribution in [0, 0.1) is 0 Å². The third-order valence-electron chi connectivity index (χ3n) is 2.26. The Kier molecular flexibility index (Phi) is 5.05. The minimum absolute atomic E-state index is 0.377. The molecule has 0 aliphatic heterocycles. The van der Waals surface area contributed by atoms with E-state index >= 15 is 0 Å². The van der Waals surface area contributed by atoms with Crippen LogP contribution in [0.25, 0.3) is 0 Å². The molecule has 0 fully saturated rings. The minimum atomic E-state index is -1.49. The average molecular weight is 266 g/mol. The molecule has 0 spiro atoms. The van der Waals surface area contributed by atoms with Gasteiger partial charge in [0.05, 0.1) is 0 Å². The second-order valence-electron chi connectivity index (χ2n) is 3.81. The van der Waals surface area contributed by atoms with E-state index in [2.05, 4.69) is 0 Å². The van der Waals surface area contributed by atoms with Gasteiger partial charge in [0, 0.05) is 13.8 Å². The molecule has 0 bridgehead atoms. The first-order valence-corrected chi connectivity index (χ1v) is 5.54. The van der Waals surface area contributed by atoms with Crippen molar-refractivity contribution in [2.75, 3.05) is 0 Å². The van der Waals surface area contributed by atoms with Crippen molar-refractivity contribution in [2.24, 2.45) is 0 Å². The highest BCUT2D eigenvalue weighted by Crippen LogP contribution is 2.23. The third kappa shape index (κ3) is 4.42. The fraction of sp³-hybridized carbons (Fsp3) is 0.308. The van der Waals surface area contributed by atoms with Gasteiger partial charge in [0.25, 0.3) is 6.29 Å². The maximum absolute atomic E-state index is 11.3. The maximum Gasteiger partial charge on any atom is 0.318 e. The lowest BCUT2D eigenvalue weighted by atomic mass is 9.98. The Morgan fingerprint density at radius 1 is 1.00 bits per heavy atom. The Hall–Kier alpha value is -2.37. The molecule has 19 heavy (non-hydrogen) atoms. The Morgan fingerprint density at radius 3 is 1.84 bits per heavy atom. The number of hydrogen-bond donors (Lipinski definition) is 1. The van der Waals surface area contributed by atoms with Gasteiger partial charge in [-0.25, -0.2) is 0 Å². The molecule has 1 N–H and O–H groups in total. The third-order valence-corrected chi connectivity index (χ3v) is 2.26. The standard InChI is InChI=1S/C13H14O6/c1-8(14)18-13(19-9(2)15)11(12(16)17)10-6-4-3-5-7-10/h3-7,11,13H,1-2H3,(H,16,17). The summed E-state index contributed by atoms with van der Waals surface area (Å²) in [6.45, 7) is 2.22. The van der Waals surface area contributed by atoms with Crippen LogP contribution in [0.3, 0.4) is 0 Å². The molecule has 1 unspecified atom stereocenters. The van der Waals surface area contributed by atoms with Crippen molar-refractivity contribution in [3.8, 4) is 0 Å². The normalized spacial score (nSPS) is 11.7. The lowest BCUT2D eigenvalue weighted by Gasteiger charge is -2.23. The van der Waals surface area contributed by atoms with E-state index in [1.165, 1.54) is 0 Å². The van der Waals surface area contributed by atoms with E-state index in [0.717, 1.165) is 13.8 Å². The van der Waals surface area contributed by atoms with Gasteiger partial charge in [-0.05, 0) is 5.56 Å². The second kappa shape index (κ2) is 6.53. The Balaban J connectivity index is 3.08. The Morgan fingerprint density at radius 2 is 1.47 bits per heavy atom. The number of carboxylic acids is 1. The predicted octanol–water partition coefficient (Wildman–Crippen LogP) is 1.31. The van der Waals surface area contributed by atoms with Crippen LogP contribution in [0.2, 0.25) is 0 Å². The van der Waals surface area contributed by atoms with Crippen LogP contribution in [0.15, 0.2) is 30.3 Å². The molecule has 1 aromatic rings. The SMILES string of the molecule is CC(=O)OC(OC(C)=O)C(C(=O)O)c1ccccc1. The first-order valence-electron chi connectivity index (χ1n) is 5.54. The zero-order chi connectivity index (χ0) is 14.4. The maximum atomic E-state index is 11.3. The first kappa shape index (κ1) is 14.7. The zero-order valence-corrected chi connectivity index (χ0v) is 10.5. The molecule has 1 atom stereocenters. The van der Waals surface area contributed by atoms with E-state index in [1.54, 1.807) is 30.3 Å². The molecule has 102 valence electrons. The number of aliphatic carboxylic acids is 1. The van der Waals surface area contributed by atoms with Crippen LogP contribution in [0.4, 0.5) is 0 Å². The summed E-state index contributed by atoms with van der Waals surface area (Å²) in [7, 11) is 0. The van der Waals surface area contributed by atoms with Crippen molar-refractivity contribution >= 4 is 17.9 Å². The lowest BCUT2D eigenvalue weighted by molar-refractivity contribution is -0.192. The van der Waals surface area contributed by atoms with E-state index in [9.17, 15) is 19.5 Å². The highest BCUT2D eigenvalue weighted by Gasteiger charge is 2.34. The largest absolute Gasteiger partial charge is 0.481 e. The highest BCUT2D eigenvalue weighted by atomic mass is 16.7. The summed E-state index contributed by atoms with van der Waals surface area (Å²) in [6.07, 6.45) is -1.49. The molecule has 1 rings (SSSR count). The number of hydrogen-bond acceptors (Lipinski definition) is 5. The summed E-state index contributed by atoms with van der Waals surface area (Å²) in [4.78, 5) is 33.3. The smallest absolute Gasteiger partial charge is 0.318 e. The van der Waals surface area contributed by atoms with Crippen molar-refractivity contribution in [3.05, 3.63) is 35.9 Å². The Labute approximate surface area is 109 Å². The fourth-order valence-corrected chi connectivity index (χ4v) is 1.56. The first-order chi connectivity index (χ1) is 8.91. The van der Waals surface area contributed by atoms with Crippen LogP contribution in [-0.2, 0) is 23.9 Å². The molecule has 0 aliphatic carbocycles. The molecule has 1 aromatic carbocycles. The minimum Gasteiger partial charge on any atom is -0.481 e. The topological polar surface area (TPSA) is 89.9 Å². The van der Waals surface area contributed by atoms with Crippen LogP contribution in [0.1, 0.15) is 25.3 Å². The average Bonchev–Trinajstić information content (AvgIpc) is 2.28. The van der Waals surface area contributed by atoms with Crippen molar-refractivity contribution in [1.29, 1.82) is 0 Å². The van der Waals surface area contributed by atoms with Gasteiger partial charge in [0.15, 0.2) is 5.92 Å². The number of benzene rings is 1. The van der Waals surface area contributed by atoms with Gasteiger partial charge in [0.1, 0.15) is 0 Å². The number of ether oxygens (including phenoxy) is 2. The van der Waals surface area contributed by atoms with Gasteiger partial charge >= 0.3 is 17.9 Å². The van der Waals surface area contributed by atoms with Crippen molar-refractivity contribution in [1.82, 2.24) is 0 Å². The monoisotopic (exact) mass is 266 g/mol. The summed E-state index contributed by atoms with van der Waals surface area (Å²) in [6, 6.07) is 8.11. The van der Waals surface area contributed by atoms with Crippen LogP contribution < -0.4 is 0 Å². The summed E-state index contributed by atoms with van der Waals surface area (Å²) in [5.41, 5.74) is 0.377. The molecule has 0 amide bonds. The molecule has 6 heteroatoms. The number of rotatable bonds is 5. The molecule has 0 saturated carbocycles. The molecular formula is C13H14O6. The van der Waals surface area contributed by atoms with Gasteiger partial charge in [-0.1, -0.05) is 30.3 Å². The quantitative estimate of drug-likeness (QED) is 0.638. The van der Waals surface area contributed by atoms with E-state index in [0.29, 0.717) is 5.56 Å². The van der Waals surface area contributed by atoms with E-state index in [4.69, 9.17) is 9.47 Å². The predicted molar refractivity (Wildman–Crippen MR) is 64.1 cm³/mol. The van der Waals surface area contributed by atoms with Crippen molar-refractivity contribution in [2.45, 2.75) is 26.1 Å². The molecule has 0 heterocycles. The molecule has 0 aromatic heterocycles. The van der Waals surface area contributed by atoms with E-state index < -0.39 is 30.1 Å². The number of carbonyl (C=O) groups is 3. The molecule has 0 aliphatic rings. The van der Waals surface area contributed by atoms with Gasteiger partial charge in [-0.2, -0.15) is 0 Å². The van der Waals surface area contributed by atoms with Crippen LogP contribution in [-0.4, -0.2) is 29.3 Å². The van der Waals surface area contributed by atoms with Gasteiger partial charge in [0.2, 0.25) is 0 Å². The lowest BCUT2D eigenvalue weighted by Crippen LogP contribution is -2.33. The van der Waals surface area contributed by atoms with E-state index in [1.807, 2.05) is 0 Å². The number of carboxylic acid groups (broad SMARTS) is 1. The molecule has 6 nitrogen and oxygen atoms in total. The van der Waals surface area contributed by atoms with Crippen molar-refractivity contribution < 1.29 is 29.0 Å². The summed E-state index contributed by atoms with van der Waals surface area (Å²) in [5.74, 6) is -3.98. The van der Waals surface area contributed by atoms with Crippen molar-refractivity contribution in [3.63, 3.8) is 0 Å². The van der Waals surface area contributed by atoms with Crippen LogP contribution >= 0.6 is 0 Å². The van der Waals surface area contributed by atoms with Gasteiger partial charge < -0.3 is 14.6 Å². The summed E-state index contributed by atoms with van der Waals surface area (Å²) >= 11 is 0. The molecular weight excluding hydrogens is 252 g/mol. The zero-order valence-electron chi connectivity index (χ0n) is 10.5. The highest BCUT2D eigenvalue weighted by molar-refractivity contribution is 5.78. The van der Waals surface area contributed by atoms with E-state index in [-0.39, 0.29) is 0 Å². The fourth-order valence-electron chi connectivity index (χ4n) is 1.56. The molecule has 0 saturated heterocycles. The van der Waals surface area contributed by atoms with Crippen LogP contribution in [0.5, 0.6) is 0 Å². The van der Waals surface area contributed by atoms with Gasteiger partial charge in [-0.15, -0.1) is 0 Å². The summed E-state index contributed by atoms with van der Waals surface area (Å²) < 4.78 is 9.55.